The van der Waals surface area contributed by atoms with E-state index in [1.165, 1.54) is 0 Å². The first-order valence-corrected chi connectivity index (χ1v) is 10.8. The lowest BCUT2D eigenvalue weighted by atomic mass is 10.2. The maximum atomic E-state index is 12.8. The van der Waals surface area contributed by atoms with Crippen LogP contribution in [0, 0.1) is 0 Å². The number of carbonyl (C=O) groups is 2. The summed E-state index contributed by atoms with van der Waals surface area (Å²) in [6.45, 7) is 4.06. The van der Waals surface area contributed by atoms with Crippen molar-refractivity contribution >= 4 is 28.6 Å². The topological polar surface area (TPSA) is 74.5 Å². The SMILES string of the molecule is CC(C)OC(=O)c1cc2c(ccn2C)n1CC(=O)Nc1ccc(OCc2ccccc2)cc1. The van der Waals surface area contributed by atoms with E-state index in [0.717, 1.165) is 16.6 Å². The minimum absolute atomic E-state index is 0.0116. The summed E-state index contributed by atoms with van der Waals surface area (Å²) >= 11 is 0. The second-order valence-electron chi connectivity index (χ2n) is 8.11. The zero-order chi connectivity index (χ0) is 23.4. The van der Waals surface area contributed by atoms with Gasteiger partial charge in [0.15, 0.2) is 0 Å². The van der Waals surface area contributed by atoms with Gasteiger partial charge in [0, 0.05) is 18.9 Å². The highest BCUT2D eigenvalue weighted by molar-refractivity contribution is 5.97. The molecular formula is C26H27N3O4. The minimum atomic E-state index is -0.450. The Morgan fingerprint density at radius 1 is 0.970 bits per heavy atom. The molecule has 1 amide bonds. The van der Waals surface area contributed by atoms with Crippen molar-refractivity contribution in [1.82, 2.24) is 9.13 Å². The number of anilines is 1. The van der Waals surface area contributed by atoms with Gasteiger partial charge in [-0.25, -0.2) is 4.79 Å². The zero-order valence-electron chi connectivity index (χ0n) is 18.9. The van der Waals surface area contributed by atoms with Crippen molar-refractivity contribution in [3.63, 3.8) is 0 Å². The Hall–Kier alpha value is -4.00. The van der Waals surface area contributed by atoms with Crippen molar-refractivity contribution in [2.75, 3.05) is 5.32 Å². The molecule has 33 heavy (non-hydrogen) atoms. The largest absolute Gasteiger partial charge is 0.489 e. The molecule has 0 bridgehead atoms. The number of ether oxygens (including phenoxy) is 2. The number of hydrogen-bond donors (Lipinski definition) is 1. The summed E-state index contributed by atoms with van der Waals surface area (Å²) < 4.78 is 14.8. The third-order valence-electron chi connectivity index (χ3n) is 5.19. The Kier molecular flexibility index (Phi) is 6.49. The van der Waals surface area contributed by atoms with E-state index in [1.54, 1.807) is 36.6 Å². The summed E-state index contributed by atoms with van der Waals surface area (Å²) in [7, 11) is 1.89. The first kappa shape index (κ1) is 22.2. The molecule has 2 heterocycles. The number of benzene rings is 2. The third kappa shape index (κ3) is 5.26. The van der Waals surface area contributed by atoms with Gasteiger partial charge >= 0.3 is 5.97 Å². The second kappa shape index (κ2) is 9.65. The highest BCUT2D eigenvalue weighted by Crippen LogP contribution is 2.23. The molecule has 7 nitrogen and oxygen atoms in total. The lowest BCUT2D eigenvalue weighted by molar-refractivity contribution is -0.116. The Bertz CT molecular complexity index is 1250. The first-order chi connectivity index (χ1) is 15.9. The summed E-state index contributed by atoms with van der Waals surface area (Å²) in [6.07, 6.45) is 1.64. The Labute approximate surface area is 192 Å². The Morgan fingerprint density at radius 3 is 2.39 bits per heavy atom. The second-order valence-corrected chi connectivity index (χ2v) is 8.11. The quantitative estimate of drug-likeness (QED) is 0.397. The van der Waals surface area contributed by atoms with Gasteiger partial charge in [-0.05, 0) is 55.8 Å². The maximum Gasteiger partial charge on any atom is 0.355 e. The summed E-state index contributed by atoms with van der Waals surface area (Å²) in [5.74, 6) is 0.0220. The predicted octanol–water partition coefficient (Wildman–Crippen LogP) is 4.76. The van der Waals surface area contributed by atoms with Gasteiger partial charge in [-0.3, -0.25) is 4.79 Å². The van der Waals surface area contributed by atoms with E-state index in [2.05, 4.69) is 5.32 Å². The highest BCUT2D eigenvalue weighted by atomic mass is 16.5. The molecule has 170 valence electrons. The lowest BCUT2D eigenvalue weighted by Crippen LogP contribution is -2.22. The summed E-state index contributed by atoms with van der Waals surface area (Å²) in [6, 6.07) is 20.8. The molecule has 0 saturated heterocycles. The molecule has 7 heteroatoms. The van der Waals surface area contributed by atoms with Crippen molar-refractivity contribution < 1.29 is 19.1 Å². The van der Waals surface area contributed by atoms with Crippen LogP contribution in [0.2, 0.25) is 0 Å². The average molecular weight is 446 g/mol. The van der Waals surface area contributed by atoms with Gasteiger partial charge in [-0.15, -0.1) is 0 Å². The molecular weight excluding hydrogens is 418 g/mol. The van der Waals surface area contributed by atoms with E-state index < -0.39 is 5.97 Å². The van der Waals surface area contributed by atoms with Crippen LogP contribution in [-0.4, -0.2) is 27.1 Å². The average Bonchev–Trinajstić information content (AvgIpc) is 3.33. The van der Waals surface area contributed by atoms with Crippen molar-refractivity contribution in [2.45, 2.75) is 33.1 Å². The minimum Gasteiger partial charge on any atom is -0.489 e. The molecule has 0 saturated carbocycles. The molecule has 0 aliphatic rings. The molecule has 0 atom stereocenters. The van der Waals surface area contributed by atoms with Crippen molar-refractivity contribution in [1.29, 1.82) is 0 Å². The fourth-order valence-corrected chi connectivity index (χ4v) is 3.60. The van der Waals surface area contributed by atoms with Crippen LogP contribution in [0.15, 0.2) is 72.9 Å². The lowest BCUT2D eigenvalue weighted by Gasteiger charge is -2.12. The number of esters is 1. The van der Waals surface area contributed by atoms with Crippen LogP contribution in [0.1, 0.15) is 29.9 Å². The molecule has 1 N–H and O–H groups in total. The highest BCUT2D eigenvalue weighted by Gasteiger charge is 2.21. The number of rotatable bonds is 8. The summed E-state index contributed by atoms with van der Waals surface area (Å²) in [5.41, 5.74) is 3.74. The van der Waals surface area contributed by atoms with Crippen LogP contribution in [0.5, 0.6) is 5.75 Å². The number of amides is 1. The molecule has 2 aromatic heterocycles. The molecule has 0 spiro atoms. The third-order valence-corrected chi connectivity index (χ3v) is 5.19. The Morgan fingerprint density at radius 2 is 1.70 bits per heavy atom. The number of fused-ring (bicyclic) bond motifs is 1. The van der Waals surface area contributed by atoms with Crippen molar-refractivity contribution in [3.8, 4) is 5.75 Å². The van der Waals surface area contributed by atoms with Gasteiger partial charge in [0.25, 0.3) is 0 Å². The number of aromatic nitrogens is 2. The van der Waals surface area contributed by atoms with Crippen LogP contribution in [0.3, 0.4) is 0 Å². The van der Waals surface area contributed by atoms with Gasteiger partial charge in [-0.2, -0.15) is 0 Å². The summed E-state index contributed by atoms with van der Waals surface area (Å²) in [4.78, 5) is 25.4. The van der Waals surface area contributed by atoms with E-state index in [1.807, 2.05) is 66.3 Å². The van der Waals surface area contributed by atoms with Gasteiger partial charge in [0.2, 0.25) is 5.91 Å². The Balaban J connectivity index is 1.43. The fourth-order valence-electron chi connectivity index (χ4n) is 3.60. The van der Waals surface area contributed by atoms with E-state index in [9.17, 15) is 9.59 Å². The number of nitrogens with one attached hydrogen (secondary N) is 1. The van der Waals surface area contributed by atoms with Crippen molar-refractivity contribution in [3.05, 3.63) is 84.2 Å². The zero-order valence-corrected chi connectivity index (χ0v) is 18.9. The van der Waals surface area contributed by atoms with Crippen LogP contribution < -0.4 is 10.1 Å². The van der Waals surface area contributed by atoms with E-state index in [-0.39, 0.29) is 18.6 Å². The number of hydrogen-bond acceptors (Lipinski definition) is 4. The van der Waals surface area contributed by atoms with E-state index >= 15 is 0 Å². The predicted molar refractivity (Wildman–Crippen MR) is 127 cm³/mol. The molecule has 4 rings (SSSR count). The van der Waals surface area contributed by atoms with Crippen LogP contribution in [0.4, 0.5) is 5.69 Å². The van der Waals surface area contributed by atoms with Gasteiger partial charge in [0.05, 0.1) is 17.1 Å². The monoisotopic (exact) mass is 445 g/mol. The molecule has 2 aromatic carbocycles. The van der Waals surface area contributed by atoms with Crippen LogP contribution in [-0.2, 0) is 29.7 Å². The summed E-state index contributed by atoms with van der Waals surface area (Å²) in [5, 5.41) is 2.89. The number of nitrogens with zero attached hydrogens (tertiary/aromatic N) is 2. The molecule has 0 radical (unpaired) electrons. The van der Waals surface area contributed by atoms with Gasteiger partial charge in [0.1, 0.15) is 24.6 Å². The molecule has 0 aliphatic heterocycles. The van der Waals surface area contributed by atoms with Crippen LogP contribution in [0.25, 0.3) is 11.0 Å². The normalized spacial score (nSPS) is 11.0. The van der Waals surface area contributed by atoms with Crippen LogP contribution >= 0.6 is 0 Å². The van der Waals surface area contributed by atoms with Crippen molar-refractivity contribution in [2.24, 2.45) is 7.05 Å². The van der Waals surface area contributed by atoms with E-state index in [4.69, 9.17) is 9.47 Å². The van der Waals surface area contributed by atoms with Gasteiger partial charge in [-0.1, -0.05) is 30.3 Å². The fraction of sp³-hybridized carbons (Fsp3) is 0.231. The standard InChI is InChI=1S/C26H27N3O4/c1-18(2)33-26(31)24-15-23-22(13-14-28(23)3)29(24)16-25(30)27-20-9-11-21(12-10-20)32-17-19-7-5-4-6-8-19/h4-15,18H,16-17H2,1-3H3,(H,27,30). The molecule has 4 aromatic rings. The molecule has 0 unspecified atom stereocenters. The molecule has 0 fully saturated rings. The number of carbonyl (C=O) groups excluding carboxylic acids is 2. The van der Waals surface area contributed by atoms with E-state index in [0.29, 0.717) is 23.7 Å². The van der Waals surface area contributed by atoms with Gasteiger partial charge < -0.3 is 23.9 Å². The maximum absolute atomic E-state index is 12.8. The number of aryl methyl sites for hydroxylation is 1. The first-order valence-electron chi connectivity index (χ1n) is 10.8. The smallest absolute Gasteiger partial charge is 0.355 e. The molecule has 0 aliphatic carbocycles.